The van der Waals surface area contributed by atoms with E-state index in [0.717, 1.165) is 26.2 Å². The molecule has 3 nitrogen and oxygen atoms in total. The third-order valence-corrected chi connectivity index (χ3v) is 2.77. The van der Waals surface area contributed by atoms with Gasteiger partial charge in [-0.25, -0.2) is 0 Å². The van der Waals surface area contributed by atoms with Crippen LogP contribution >= 0.6 is 0 Å². The SMILES string of the molecule is CNC(C)CCCCOC1CCOC1. The summed E-state index contributed by atoms with van der Waals surface area (Å²) >= 11 is 0. The zero-order valence-corrected chi connectivity index (χ0v) is 9.42. The van der Waals surface area contributed by atoms with Crippen molar-refractivity contribution >= 4 is 0 Å². The van der Waals surface area contributed by atoms with Crippen LogP contribution in [0.25, 0.3) is 0 Å². The zero-order valence-electron chi connectivity index (χ0n) is 9.42. The number of unbranched alkanes of at least 4 members (excludes halogenated alkanes) is 1. The van der Waals surface area contributed by atoms with Crippen molar-refractivity contribution in [2.45, 2.75) is 44.8 Å². The molecule has 1 aliphatic heterocycles. The maximum Gasteiger partial charge on any atom is 0.0830 e. The Balaban J connectivity index is 1.84. The minimum absolute atomic E-state index is 0.372. The van der Waals surface area contributed by atoms with E-state index in [-0.39, 0.29) is 0 Å². The standard InChI is InChI=1S/C11H23NO2/c1-10(12-2)5-3-4-7-14-11-6-8-13-9-11/h10-12H,3-9H2,1-2H3. The topological polar surface area (TPSA) is 30.5 Å². The van der Waals surface area contributed by atoms with Crippen LogP contribution in [0, 0.1) is 0 Å². The molecular formula is C11H23NO2. The molecule has 1 saturated heterocycles. The van der Waals surface area contributed by atoms with Crippen molar-refractivity contribution in [2.24, 2.45) is 0 Å². The van der Waals surface area contributed by atoms with E-state index in [9.17, 15) is 0 Å². The number of hydrogen-bond acceptors (Lipinski definition) is 3. The molecular weight excluding hydrogens is 178 g/mol. The highest BCUT2D eigenvalue weighted by molar-refractivity contribution is 4.63. The van der Waals surface area contributed by atoms with Gasteiger partial charge in [-0.05, 0) is 39.7 Å². The highest BCUT2D eigenvalue weighted by atomic mass is 16.5. The Labute approximate surface area is 87.2 Å². The van der Waals surface area contributed by atoms with E-state index in [1.165, 1.54) is 19.3 Å². The molecule has 1 rings (SSSR count). The van der Waals surface area contributed by atoms with E-state index < -0.39 is 0 Å². The highest BCUT2D eigenvalue weighted by Gasteiger charge is 2.15. The number of ether oxygens (including phenoxy) is 2. The summed E-state index contributed by atoms with van der Waals surface area (Å²) in [6.07, 6.45) is 5.10. The van der Waals surface area contributed by atoms with Gasteiger partial charge in [0.25, 0.3) is 0 Å². The minimum atomic E-state index is 0.372. The fourth-order valence-electron chi connectivity index (χ4n) is 1.59. The van der Waals surface area contributed by atoms with E-state index in [4.69, 9.17) is 9.47 Å². The normalized spacial score (nSPS) is 24.0. The van der Waals surface area contributed by atoms with E-state index in [2.05, 4.69) is 12.2 Å². The van der Waals surface area contributed by atoms with E-state index in [1.807, 2.05) is 7.05 Å². The Morgan fingerprint density at radius 1 is 1.50 bits per heavy atom. The summed E-state index contributed by atoms with van der Waals surface area (Å²) in [5.41, 5.74) is 0. The van der Waals surface area contributed by atoms with Gasteiger partial charge in [-0.1, -0.05) is 0 Å². The second-order valence-corrected chi connectivity index (χ2v) is 4.04. The Morgan fingerprint density at radius 2 is 2.36 bits per heavy atom. The summed E-state index contributed by atoms with van der Waals surface area (Å²) in [5, 5.41) is 3.24. The van der Waals surface area contributed by atoms with Crippen LogP contribution in [0.3, 0.4) is 0 Å². The molecule has 0 aliphatic carbocycles. The Kier molecular flexibility index (Phi) is 6.15. The summed E-state index contributed by atoms with van der Waals surface area (Å²) in [4.78, 5) is 0. The molecule has 3 heteroatoms. The number of nitrogens with one attached hydrogen (secondary N) is 1. The third kappa shape index (κ3) is 4.94. The number of hydrogen-bond donors (Lipinski definition) is 1. The van der Waals surface area contributed by atoms with Gasteiger partial charge in [-0.3, -0.25) is 0 Å². The molecule has 0 bridgehead atoms. The van der Waals surface area contributed by atoms with Gasteiger partial charge in [0.05, 0.1) is 12.7 Å². The maximum atomic E-state index is 5.67. The first-order valence-corrected chi connectivity index (χ1v) is 5.69. The first kappa shape index (κ1) is 12.0. The van der Waals surface area contributed by atoms with Crippen molar-refractivity contribution in [3.63, 3.8) is 0 Å². The molecule has 1 fully saturated rings. The quantitative estimate of drug-likeness (QED) is 0.634. The van der Waals surface area contributed by atoms with Gasteiger partial charge in [0.1, 0.15) is 0 Å². The third-order valence-electron chi connectivity index (χ3n) is 2.77. The molecule has 1 heterocycles. The van der Waals surface area contributed by atoms with Gasteiger partial charge in [-0.15, -0.1) is 0 Å². The second-order valence-electron chi connectivity index (χ2n) is 4.04. The smallest absolute Gasteiger partial charge is 0.0830 e. The molecule has 14 heavy (non-hydrogen) atoms. The average molecular weight is 201 g/mol. The van der Waals surface area contributed by atoms with Crippen molar-refractivity contribution < 1.29 is 9.47 Å². The van der Waals surface area contributed by atoms with Gasteiger partial charge < -0.3 is 14.8 Å². The van der Waals surface area contributed by atoms with Crippen LogP contribution in [-0.4, -0.2) is 39.0 Å². The van der Waals surface area contributed by atoms with Crippen molar-refractivity contribution in [1.29, 1.82) is 0 Å². The molecule has 0 aromatic heterocycles. The summed E-state index contributed by atoms with van der Waals surface area (Å²) < 4.78 is 10.9. The molecule has 0 saturated carbocycles. The lowest BCUT2D eigenvalue weighted by Crippen LogP contribution is -2.21. The minimum Gasteiger partial charge on any atom is -0.379 e. The van der Waals surface area contributed by atoms with Crippen LogP contribution in [0.5, 0.6) is 0 Å². The molecule has 0 aromatic carbocycles. The van der Waals surface area contributed by atoms with E-state index in [0.29, 0.717) is 12.1 Å². The monoisotopic (exact) mass is 201 g/mol. The average Bonchev–Trinajstić information content (AvgIpc) is 2.69. The van der Waals surface area contributed by atoms with Gasteiger partial charge in [0.15, 0.2) is 0 Å². The van der Waals surface area contributed by atoms with Gasteiger partial charge in [0, 0.05) is 19.3 Å². The molecule has 1 N–H and O–H groups in total. The molecule has 0 aromatic rings. The van der Waals surface area contributed by atoms with Crippen LogP contribution in [0.2, 0.25) is 0 Å². The van der Waals surface area contributed by atoms with Gasteiger partial charge >= 0.3 is 0 Å². The highest BCUT2D eigenvalue weighted by Crippen LogP contribution is 2.09. The van der Waals surface area contributed by atoms with Crippen LogP contribution in [0.4, 0.5) is 0 Å². The maximum absolute atomic E-state index is 5.67. The lowest BCUT2D eigenvalue weighted by Gasteiger charge is -2.11. The predicted octanol–water partition coefficient (Wildman–Crippen LogP) is 1.57. The molecule has 2 atom stereocenters. The van der Waals surface area contributed by atoms with Crippen molar-refractivity contribution in [2.75, 3.05) is 26.9 Å². The zero-order chi connectivity index (χ0) is 10.2. The Bertz CT molecular complexity index is 135. The van der Waals surface area contributed by atoms with E-state index >= 15 is 0 Å². The molecule has 0 radical (unpaired) electrons. The van der Waals surface area contributed by atoms with Crippen molar-refractivity contribution in [3.8, 4) is 0 Å². The van der Waals surface area contributed by atoms with Crippen molar-refractivity contribution in [3.05, 3.63) is 0 Å². The fraction of sp³-hybridized carbons (Fsp3) is 1.00. The Hall–Kier alpha value is -0.120. The lowest BCUT2D eigenvalue weighted by molar-refractivity contribution is 0.0404. The first-order valence-electron chi connectivity index (χ1n) is 5.69. The summed E-state index contributed by atoms with van der Waals surface area (Å²) in [6, 6.07) is 0.629. The van der Waals surface area contributed by atoms with Crippen LogP contribution in [0.15, 0.2) is 0 Å². The first-order chi connectivity index (χ1) is 6.83. The lowest BCUT2D eigenvalue weighted by atomic mass is 10.1. The summed E-state index contributed by atoms with van der Waals surface area (Å²) in [5.74, 6) is 0. The molecule has 0 spiro atoms. The largest absolute Gasteiger partial charge is 0.379 e. The summed E-state index contributed by atoms with van der Waals surface area (Å²) in [7, 11) is 2.01. The van der Waals surface area contributed by atoms with Crippen LogP contribution < -0.4 is 5.32 Å². The Morgan fingerprint density at radius 3 is 3.00 bits per heavy atom. The molecule has 0 amide bonds. The molecule has 84 valence electrons. The number of rotatable bonds is 7. The molecule has 2 unspecified atom stereocenters. The predicted molar refractivity (Wildman–Crippen MR) is 57.5 cm³/mol. The summed E-state index contributed by atoms with van der Waals surface area (Å²) in [6.45, 7) is 4.78. The fourth-order valence-corrected chi connectivity index (χ4v) is 1.59. The van der Waals surface area contributed by atoms with Gasteiger partial charge in [-0.2, -0.15) is 0 Å². The molecule has 1 aliphatic rings. The van der Waals surface area contributed by atoms with Crippen LogP contribution in [0.1, 0.15) is 32.6 Å². The van der Waals surface area contributed by atoms with E-state index in [1.54, 1.807) is 0 Å². The van der Waals surface area contributed by atoms with Crippen LogP contribution in [-0.2, 0) is 9.47 Å². The second kappa shape index (κ2) is 7.21. The van der Waals surface area contributed by atoms with Crippen molar-refractivity contribution in [1.82, 2.24) is 5.32 Å². The van der Waals surface area contributed by atoms with Gasteiger partial charge in [0.2, 0.25) is 0 Å².